The van der Waals surface area contributed by atoms with Crippen molar-refractivity contribution in [1.29, 1.82) is 0 Å². The van der Waals surface area contributed by atoms with Gasteiger partial charge in [0.25, 0.3) is 5.91 Å². The molecule has 2 aromatic carbocycles. The number of aromatic nitrogens is 4. The van der Waals surface area contributed by atoms with Crippen LogP contribution in [-0.2, 0) is 7.05 Å². The van der Waals surface area contributed by atoms with Crippen molar-refractivity contribution < 1.29 is 4.79 Å². The summed E-state index contributed by atoms with van der Waals surface area (Å²) in [7, 11) is 1.90. The molecule has 7 heteroatoms. The van der Waals surface area contributed by atoms with E-state index in [1.807, 2.05) is 56.0 Å². The molecule has 176 valence electrons. The number of nitrogens with zero attached hydrogens (tertiary/aromatic N) is 3. The van der Waals surface area contributed by atoms with Crippen molar-refractivity contribution in [3.63, 3.8) is 0 Å². The van der Waals surface area contributed by atoms with E-state index in [-0.39, 0.29) is 18.0 Å². The lowest BCUT2D eigenvalue weighted by Crippen LogP contribution is -2.49. The lowest BCUT2D eigenvalue weighted by molar-refractivity contribution is 0.0921. The number of pyridine rings is 1. The number of rotatable bonds is 4. The van der Waals surface area contributed by atoms with Crippen molar-refractivity contribution in [1.82, 2.24) is 25.1 Å². The second-order valence-corrected chi connectivity index (χ2v) is 9.48. The quantitative estimate of drug-likeness (QED) is 0.356. The molecular formula is C28H28N6O. The number of benzene rings is 2. The van der Waals surface area contributed by atoms with Crippen molar-refractivity contribution in [3.8, 4) is 22.4 Å². The van der Waals surface area contributed by atoms with E-state index in [1.54, 1.807) is 4.68 Å². The molecule has 35 heavy (non-hydrogen) atoms. The van der Waals surface area contributed by atoms with Gasteiger partial charge in [-0.15, -0.1) is 0 Å². The molecule has 0 bridgehead atoms. The minimum Gasteiger partial charge on any atom is -0.353 e. The number of hydrogen-bond acceptors (Lipinski definition) is 4. The Morgan fingerprint density at radius 3 is 2.66 bits per heavy atom. The Bertz CT molecular complexity index is 1530. The van der Waals surface area contributed by atoms with Crippen LogP contribution in [0.15, 0.2) is 67.1 Å². The monoisotopic (exact) mass is 464 g/mol. The van der Waals surface area contributed by atoms with Crippen LogP contribution in [-0.4, -0.2) is 37.7 Å². The summed E-state index contributed by atoms with van der Waals surface area (Å²) in [6.45, 7) is 0. The molecule has 2 atom stereocenters. The number of aryl methyl sites for hydroxylation is 1. The SMILES string of the molecule is Cn1cc(-c2cc3c(cn2)[nH]c2cccc(-c4ccc(C(=O)N[C@H]5CCCC[C@@H]5N)cc4)c23)cn1. The van der Waals surface area contributed by atoms with Crippen molar-refractivity contribution >= 4 is 27.7 Å². The predicted octanol–water partition coefficient (Wildman–Crippen LogP) is 4.78. The van der Waals surface area contributed by atoms with Crippen molar-refractivity contribution in [2.75, 3.05) is 0 Å². The molecule has 1 aliphatic rings. The molecule has 1 amide bonds. The zero-order chi connectivity index (χ0) is 23.9. The normalized spacial score (nSPS) is 18.2. The molecule has 0 aliphatic heterocycles. The lowest BCUT2D eigenvalue weighted by atomic mass is 9.91. The number of aromatic amines is 1. The van der Waals surface area contributed by atoms with Crippen LogP contribution in [0.5, 0.6) is 0 Å². The number of H-pyrrole nitrogens is 1. The topological polar surface area (TPSA) is 102 Å². The zero-order valence-electron chi connectivity index (χ0n) is 19.7. The van der Waals surface area contributed by atoms with Gasteiger partial charge >= 0.3 is 0 Å². The van der Waals surface area contributed by atoms with Crippen LogP contribution < -0.4 is 11.1 Å². The summed E-state index contributed by atoms with van der Waals surface area (Å²) < 4.78 is 1.78. The van der Waals surface area contributed by atoms with Crippen LogP contribution >= 0.6 is 0 Å². The van der Waals surface area contributed by atoms with Crippen molar-refractivity contribution in [3.05, 3.63) is 72.7 Å². The van der Waals surface area contributed by atoms with Crippen LogP contribution in [0.1, 0.15) is 36.0 Å². The van der Waals surface area contributed by atoms with Crippen LogP contribution in [0.2, 0.25) is 0 Å². The molecular weight excluding hydrogens is 436 g/mol. The Hall–Kier alpha value is -3.97. The van der Waals surface area contributed by atoms with E-state index in [1.165, 1.54) is 0 Å². The molecule has 4 N–H and O–H groups in total. The number of amides is 1. The fourth-order valence-corrected chi connectivity index (χ4v) is 5.20. The Labute approximate surface area is 203 Å². The van der Waals surface area contributed by atoms with Gasteiger partial charge in [-0.3, -0.25) is 14.5 Å². The maximum Gasteiger partial charge on any atom is 0.251 e. The van der Waals surface area contributed by atoms with E-state index in [0.717, 1.165) is 69.9 Å². The first-order valence-corrected chi connectivity index (χ1v) is 12.1. The van der Waals surface area contributed by atoms with Gasteiger partial charge in [0.05, 0.1) is 23.6 Å². The van der Waals surface area contributed by atoms with E-state index >= 15 is 0 Å². The highest BCUT2D eigenvalue weighted by Gasteiger charge is 2.23. The van der Waals surface area contributed by atoms with Crippen molar-refractivity contribution in [2.45, 2.75) is 37.8 Å². The highest BCUT2D eigenvalue weighted by atomic mass is 16.1. The van der Waals surface area contributed by atoms with Crippen LogP contribution in [0.3, 0.4) is 0 Å². The molecule has 3 heterocycles. The molecule has 0 radical (unpaired) electrons. The lowest BCUT2D eigenvalue weighted by Gasteiger charge is -2.29. The highest BCUT2D eigenvalue weighted by Crippen LogP contribution is 2.36. The highest BCUT2D eigenvalue weighted by molar-refractivity contribution is 6.14. The van der Waals surface area contributed by atoms with E-state index in [2.05, 4.69) is 38.6 Å². The van der Waals surface area contributed by atoms with E-state index in [4.69, 9.17) is 5.73 Å². The first-order valence-electron chi connectivity index (χ1n) is 12.1. The average Bonchev–Trinajstić information content (AvgIpc) is 3.48. The smallest absolute Gasteiger partial charge is 0.251 e. The minimum atomic E-state index is -0.0589. The molecule has 5 aromatic rings. The van der Waals surface area contributed by atoms with E-state index in [9.17, 15) is 4.79 Å². The Kier molecular flexibility index (Phi) is 5.34. The number of hydrogen-bond donors (Lipinski definition) is 3. The van der Waals surface area contributed by atoms with Gasteiger partial charge in [-0.2, -0.15) is 5.10 Å². The van der Waals surface area contributed by atoms with E-state index in [0.29, 0.717) is 5.56 Å². The summed E-state index contributed by atoms with van der Waals surface area (Å²) >= 11 is 0. The number of nitrogens with one attached hydrogen (secondary N) is 2. The van der Waals surface area contributed by atoms with Crippen LogP contribution in [0, 0.1) is 0 Å². The molecule has 1 aliphatic carbocycles. The third-order valence-corrected chi connectivity index (χ3v) is 7.10. The Balaban J connectivity index is 1.35. The van der Waals surface area contributed by atoms with Gasteiger partial charge in [-0.1, -0.05) is 37.1 Å². The van der Waals surface area contributed by atoms with Crippen LogP contribution in [0.25, 0.3) is 44.2 Å². The molecule has 0 saturated heterocycles. The number of carbonyl (C=O) groups excluding carboxylic acids is 1. The molecule has 0 unspecified atom stereocenters. The molecule has 6 rings (SSSR count). The predicted molar refractivity (Wildman–Crippen MR) is 139 cm³/mol. The van der Waals surface area contributed by atoms with Gasteiger partial charge < -0.3 is 16.0 Å². The second kappa shape index (κ2) is 8.67. The maximum atomic E-state index is 12.8. The Morgan fingerprint density at radius 1 is 1.06 bits per heavy atom. The minimum absolute atomic E-state index is 0.0393. The fraction of sp³-hybridized carbons (Fsp3) is 0.250. The third kappa shape index (κ3) is 3.98. The first-order chi connectivity index (χ1) is 17.1. The summed E-state index contributed by atoms with van der Waals surface area (Å²) in [6, 6.07) is 16.3. The first kappa shape index (κ1) is 21.6. The van der Waals surface area contributed by atoms with Gasteiger partial charge in [-0.25, -0.2) is 0 Å². The van der Waals surface area contributed by atoms with Gasteiger partial charge in [0.15, 0.2) is 0 Å². The van der Waals surface area contributed by atoms with Gasteiger partial charge in [0.2, 0.25) is 0 Å². The summed E-state index contributed by atoms with van der Waals surface area (Å²) in [4.78, 5) is 21.0. The molecule has 1 saturated carbocycles. The molecule has 1 fully saturated rings. The number of fused-ring (bicyclic) bond motifs is 3. The van der Waals surface area contributed by atoms with Gasteiger partial charge in [0.1, 0.15) is 0 Å². The van der Waals surface area contributed by atoms with Crippen LogP contribution in [0.4, 0.5) is 0 Å². The zero-order valence-corrected chi connectivity index (χ0v) is 19.7. The summed E-state index contributed by atoms with van der Waals surface area (Å²) in [5, 5.41) is 9.66. The Morgan fingerprint density at radius 2 is 1.89 bits per heavy atom. The molecule has 0 spiro atoms. The summed E-state index contributed by atoms with van der Waals surface area (Å²) in [6.07, 6.45) is 9.85. The van der Waals surface area contributed by atoms with Gasteiger partial charge in [0, 0.05) is 52.7 Å². The summed E-state index contributed by atoms with van der Waals surface area (Å²) in [5.74, 6) is -0.0589. The van der Waals surface area contributed by atoms with E-state index < -0.39 is 0 Å². The fourth-order valence-electron chi connectivity index (χ4n) is 5.20. The van der Waals surface area contributed by atoms with Gasteiger partial charge in [-0.05, 0) is 48.2 Å². The standard InChI is InChI=1S/C28H28N6O/c1-34-16-19(14-31-34)25-13-21-26(15-30-25)32-24-8-4-5-20(27(21)24)17-9-11-18(12-10-17)28(35)33-23-7-3-2-6-22(23)29/h4-5,8-16,22-23,32H,2-3,6-7,29H2,1H3,(H,33,35)/t22-,23-/m0/s1. The summed E-state index contributed by atoms with van der Waals surface area (Å²) in [5.41, 5.74) is 12.9. The number of nitrogens with two attached hydrogens (primary N) is 1. The third-order valence-electron chi connectivity index (χ3n) is 7.10. The van der Waals surface area contributed by atoms with Crippen molar-refractivity contribution in [2.24, 2.45) is 12.8 Å². The molecule has 7 nitrogen and oxygen atoms in total. The second-order valence-electron chi connectivity index (χ2n) is 9.48. The maximum absolute atomic E-state index is 12.8. The largest absolute Gasteiger partial charge is 0.353 e. The number of carbonyl (C=O) groups is 1. The molecule has 3 aromatic heterocycles. The average molecular weight is 465 g/mol.